The maximum Gasteiger partial charge on any atom is 0.246 e. The van der Waals surface area contributed by atoms with Crippen LogP contribution in [0.15, 0.2) is 47.0 Å². The number of aryl methyl sites for hydroxylation is 1. The lowest BCUT2D eigenvalue weighted by Crippen LogP contribution is -2.33. The summed E-state index contributed by atoms with van der Waals surface area (Å²) in [5.41, 5.74) is 4.69. The number of amides is 1. The number of sulfonamides is 1. The van der Waals surface area contributed by atoms with Crippen LogP contribution in [-0.4, -0.2) is 49.2 Å². The third kappa shape index (κ3) is 6.72. The topological polar surface area (TPSA) is 96.6 Å². The predicted molar refractivity (Wildman–Crippen MR) is 142 cm³/mol. The SMILES string of the molecule is Cc1cccc(N(CCCC(=O)N(C)Cc2nc(-c3ccc(C(C)(C)C)cc3)no2)S(C)(=O)=O)c1C. The van der Waals surface area contributed by atoms with Gasteiger partial charge in [-0.05, 0) is 48.4 Å². The van der Waals surface area contributed by atoms with Crippen LogP contribution in [0.1, 0.15) is 56.2 Å². The van der Waals surface area contributed by atoms with Crippen molar-refractivity contribution in [1.82, 2.24) is 15.0 Å². The van der Waals surface area contributed by atoms with Crippen LogP contribution in [0, 0.1) is 13.8 Å². The summed E-state index contributed by atoms with van der Waals surface area (Å²) in [6, 6.07) is 13.6. The van der Waals surface area contributed by atoms with E-state index in [-0.39, 0.29) is 30.8 Å². The van der Waals surface area contributed by atoms with Crippen LogP contribution in [0.4, 0.5) is 5.69 Å². The molecule has 0 N–H and O–H groups in total. The van der Waals surface area contributed by atoms with Gasteiger partial charge in [-0.15, -0.1) is 0 Å². The fourth-order valence-corrected chi connectivity index (χ4v) is 4.90. The number of benzene rings is 2. The van der Waals surface area contributed by atoms with Crippen LogP contribution in [-0.2, 0) is 26.8 Å². The molecule has 1 heterocycles. The number of rotatable bonds is 9. The highest BCUT2D eigenvalue weighted by molar-refractivity contribution is 7.92. The van der Waals surface area contributed by atoms with Crippen LogP contribution < -0.4 is 4.31 Å². The minimum atomic E-state index is -3.48. The predicted octanol–water partition coefficient (Wildman–Crippen LogP) is 4.86. The van der Waals surface area contributed by atoms with E-state index >= 15 is 0 Å². The Morgan fingerprint density at radius 1 is 1.06 bits per heavy atom. The van der Waals surface area contributed by atoms with Gasteiger partial charge in [0.2, 0.25) is 27.6 Å². The molecule has 3 rings (SSSR count). The molecule has 9 heteroatoms. The van der Waals surface area contributed by atoms with Crippen molar-refractivity contribution in [2.75, 3.05) is 24.2 Å². The van der Waals surface area contributed by atoms with Gasteiger partial charge in [-0.25, -0.2) is 8.42 Å². The second kappa shape index (κ2) is 10.8. The number of aromatic nitrogens is 2. The average molecular weight is 513 g/mol. The maximum absolute atomic E-state index is 12.7. The fourth-order valence-electron chi connectivity index (χ4n) is 3.88. The largest absolute Gasteiger partial charge is 0.337 e. The smallest absolute Gasteiger partial charge is 0.246 e. The molecule has 0 aliphatic carbocycles. The monoisotopic (exact) mass is 512 g/mol. The third-order valence-corrected chi connectivity index (χ3v) is 7.45. The molecule has 0 aliphatic rings. The quantitative estimate of drug-likeness (QED) is 0.406. The second-order valence-corrected chi connectivity index (χ2v) is 12.2. The molecule has 0 fully saturated rings. The van der Waals surface area contributed by atoms with E-state index in [1.54, 1.807) is 13.1 Å². The van der Waals surface area contributed by atoms with Gasteiger partial charge in [0.05, 0.1) is 18.5 Å². The van der Waals surface area contributed by atoms with Gasteiger partial charge >= 0.3 is 0 Å². The Hall–Kier alpha value is -3.20. The first-order valence-corrected chi connectivity index (χ1v) is 13.8. The van der Waals surface area contributed by atoms with Crippen LogP contribution in [0.2, 0.25) is 0 Å². The normalized spacial score (nSPS) is 12.0. The summed E-state index contributed by atoms with van der Waals surface area (Å²) in [6.45, 7) is 10.7. The van der Waals surface area contributed by atoms with Gasteiger partial charge in [0.1, 0.15) is 0 Å². The Bertz CT molecular complexity index is 1310. The molecule has 0 spiro atoms. The van der Waals surface area contributed by atoms with Gasteiger partial charge in [-0.2, -0.15) is 4.98 Å². The van der Waals surface area contributed by atoms with Gasteiger partial charge in [0.25, 0.3) is 0 Å². The zero-order valence-corrected chi connectivity index (χ0v) is 23.0. The molecule has 194 valence electrons. The lowest BCUT2D eigenvalue weighted by atomic mass is 9.87. The Balaban J connectivity index is 1.59. The summed E-state index contributed by atoms with van der Waals surface area (Å²) >= 11 is 0. The van der Waals surface area contributed by atoms with Crippen molar-refractivity contribution in [3.8, 4) is 11.4 Å². The van der Waals surface area contributed by atoms with Gasteiger partial charge in [-0.1, -0.05) is 62.3 Å². The van der Waals surface area contributed by atoms with E-state index in [0.717, 1.165) is 16.7 Å². The summed E-state index contributed by atoms with van der Waals surface area (Å²) in [7, 11) is -1.81. The Morgan fingerprint density at radius 3 is 2.33 bits per heavy atom. The fraction of sp³-hybridized carbons (Fsp3) is 0.444. The van der Waals surface area contributed by atoms with Crippen molar-refractivity contribution in [3.63, 3.8) is 0 Å². The van der Waals surface area contributed by atoms with E-state index < -0.39 is 10.0 Å². The molecule has 2 aromatic carbocycles. The number of carbonyl (C=O) groups excluding carboxylic acids is 1. The molecule has 0 atom stereocenters. The van der Waals surface area contributed by atoms with Gasteiger partial charge in [0.15, 0.2) is 0 Å². The molecule has 0 unspecified atom stereocenters. The number of carbonyl (C=O) groups is 1. The number of anilines is 1. The Labute approximate surface area is 214 Å². The van der Waals surface area contributed by atoms with Crippen molar-refractivity contribution in [2.45, 2.75) is 59.4 Å². The lowest BCUT2D eigenvalue weighted by Gasteiger charge is -2.25. The molecule has 0 bridgehead atoms. The number of hydrogen-bond donors (Lipinski definition) is 0. The van der Waals surface area contributed by atoms with Gasteiger partial charge in [0, 0.05) is 25.6 Å². The molecular formula is C27H36N4O4S. The first kappa shape index (κ1) is 27.4. The van der Waals surface area contributed by atoms with E-state index in [4.69, 9.17) is 4.52 Å². The summed E-state index contributed by atoms with van der Waals surface area (Å²) in [5.74, 6) is 0.691. The number of nitrogens with zero attached hydrogens (tertiary/aromatic N) is 4. The standard InChI is InChI=1S/C27H36N4O4S/c1-19-10-8-11-23(20(19)2)31(36(7,33)34)17-9-12-25(32)30(6)18-24-28-26(29-35-24)21-13-15-22(16-14-21)27(3,4)5/h8,10-11,13-16H,9,12,17-18H2,1-7H3. The molecule has 0 saturated carbocycles. The second-order valence-electron chi connectivity index (χ2n) is 10.2. The highest BCUT2D eigenvalue weighted by atomic mass is 32.2. The Morgan fingerprint density at radius 2 is 1.72 bits per heavy atom. The third-order valence-electron chi connectivity index (χ3n) is 6.27. The number of hydrogen-bond acceptors (Lipinski definition) is 6. The summed E-state index contributed by atoms with van der Waals surface area (Å²) < 4.78 is 31.6. The van der Waals surface area contributed by atoms with Crippen LogP contribution in [0.3, 0.4) is 0 Å². The van der Waals surface area contributed by atoms with Crippen molar-refractivity contribution in [2.24, 2.45) is 0 Å². The summed E-state index contributed by atoms with van der Waals surface area (Å²) in [6.07, 6.45) is 1.77. The molecule has 0 radical (unpaired) electrons. The van der Waals surface area contributed by atoms with Crippen LogP contribution in [0.5, 0.6) is 0 Å². The molecule has 8 nitrogen and oxygen atoms in total. The highest BCUT2D eigenvalue weighted by Crippen LogP contribution is 2.26. The molecule has 1 aromatic heterocycles. The van der Waals surface area contributed by atoms with E-state index in [9.17, 15) is 13.2 Å². The minimum absolute atomic E-state index is 0.0568. The van der Waals surface area contributed by atoms with Gasteiger partial charge in [-0.3, -0.25) is 9.10 Å². The molecule has 0 saturated heterocycles. The van der Waals surface area contributed by atoms with Crippen molar-refractivity contribution in [1.29, 1.82) is 0 Å². The summed E-state index contributed by atoms with van der Waals surface area (Å²) in [4.78, 5) is 18.7. The average Bonchev–Trinajstić information content (AvgIpc) is 3.26. The highest BCUT2D eigenvalue weighted by Gasteiger charge is 2.21. The first-order valence-electron chi connectivity index (χ1n) is 12.0. The Kier molecular flexibility index (Phi) is 8.23. The van der Waals surface area contributed by atoms with E-state index in [2.05, 4.69) is 43.0 Å². The van der Waals surface area contributed by atoms with Crippen molar-refractivity contribution < 1.29 is 17.7 Å². The van der Waals surface area contributed by atoms with Crippen molar-refractivity contribution in [3.05, 3.63) is 65.0 Å². The van der Waals surface area contributed by atoms with E-state index in [0.29, 0.717) is 23.8 Å². The molecule has 36 heavy (non-hydrogen) atoms. The zero-order valence-electron chi connectivity index (χ0n) is 22.2. The molecule has 0 aliphatic heterocycles. The molecular weight excluding hydrogens is 476 g/mol. The van der Waals surface area contributed by atoms with Gasteiger partial charge < -0.3 is 9.42 Å². The van der Waals surface area contributed by atoms with E-state index in [1.807, 2.05) is 38.1 Å². The molecule has 1 amide bonds. The van der Waals surface area contributed by atoms with E-state index in [1.165, 1.54) is 21.0 Å². The minimum Gasteiger partial charge on any atom is -0.337 e. The van der Waals surface area contributed by atoms with Crippen molar-refractivity contribution >= 4 is 21.6 Å². The molecule has 3 aromatic rings. The first-order chi connectivity index (χ1) is 16.8. The maximum atomic E-state index is 12.7. The summed E-state index contributed by atoms with van der Waals surface area (Å²) in [5, 5.41) is 4.05. The zero-order chi connectivity index (χ0) is 26.7. The lowest BCUT2D eigenvalue weighted by molar-refractivity contribution is -0.130. The van der Waals surface area contributed by atoms with Crippen LogP contribution >= 0.6 is 0 Å². The van der Waals surface area contributed by atoms with Crippen LogP contribution in [0.25, 0.3) is 11.4 Å².